The average Bonchev–Trinajstić information content (AvgIpc) is 3.00. The summed E-state index contributed by atoms with van der Waals surface area (Å²) in [4.78, 5) is 18.7. The van der Waals surface area contributed by atoms with E-state index in [1.54, 1.807) is 6.33 Å². The highest BCUT2D eigenvalue weighted by molar-refractivity contribution is 5.94. The van der Waals surface area contributed by atoms with Crippen molar-refractivity contribution in [3.05, 3.63) is 42.4 Å². The fraction of sp³-hybridized carbons (Fsp3) is 0.412. The molecule has 0 unspecified atom stereocenters. The number of nitrogens with zero attached hydrogens (tertiary/aromatic N) is 3. The monoisotopic (exact) mass is 299 g/mol. The van der Waals surface area contributed by atoms with Crippen molar-refractivity contribution < 1.29 is 9.53 Å². The third-order valence-corrected chi connectivity index (χ3v) is 4.30. The van der Waals surface area contributed by atoms with Crippen molar-refractivity contribution in [1.82, 2.24) is 14.5 Å². The summed E-state index contributed by atoms with van der Waals surface area (Å²) in [6, 6.07) is 10.3. The lowest BCUT2D eigenvalue weighted by Gasteiger charge is -2.30. The maximum atomic E-state index is 12.0. The molecule has 2 aromatic rings. The zero-order chi connectivity index (χ0) is 15.5. The minimum Gasteiger partial charge on any atom is -0.464 e. The first-order valence-electron chi connectivity index (χ1n) is 7.60. The Morgan fingerprint density at radius 1 is 1.23 bits per heavy atom. The summed E-state index contributed by atoms with van der Waals surface area (Å²) in [6.45, 7) is 2.12. The normalized spacial score (nSPS) is 16.6. The van der Waals surface area contributed by atoms with Crippen molar-refractivity contribution in [1.29, 1.82) is 0 Å². The third kappa shape index (κ3) is 2.76. The lowest BCUT2D eigenvalue weighted by molar-refractivity contribution is 0.0595. The number of piperidine rings is 1. The van der Waals surface area contributed by atoms with Gasteiger partial charge in [-0.1, -0.05) is 30.3 Å². The molecule has 0 radical (unpaired) electrons. The van der Waals surface area contributed by atoms with Crippen LogP contribution in [0.4, 0.5) is 0 Å². The molecule has 0 N–H and O–H groups in total. The van der Waals surface area contributed by atoms with Crippen molar-refractivity contribution >= 4 is 5.97 Å². The van der Waals surface area contributed by atoms with Crippen LogP contribution in [0.3, 0.4) is 0 Å². The van der Waals surface area contributed by atoms with Crippen molar-refractivity contribution in [3.63, 3.8) is 0 Å². The molecule has 1 saturated heterocycles. The minimum atomic E-state index is -0.384. The number of aromatic nitrogens is 2. The van der Waals surface area contributed by atoms with E-state index in [9.17, 15) is 4.79 Å². The average molecular weight is 299 g/mol. The van der Waals surface area contributed by atoms with Crippen LogP contribution in [0.15, 0.2) is 36.7 Å². The van der Waals surface area contributed by atoms with Gasteiger partial charge in [-0.05, 0) is 33.0 Å². The maximum absolute atomic E-state index is 12.0. The maximum Gasteiger partial charge on any atom is 0.358 e. The molecule has 1 fully saturated rings. The SMILES string of the molecule is COC(=O)c1ncn(C2CCN(C)CC2)c1-c1ccccc1. The molecule has 0 atom stereocenters. The second kappa shape index (κ2) is 6.32. The zero-order valence-electron chi connectivity index (χ0n) is 13.0. The molecule has 0 saturated carbocycles. The number of ether oxygens (including phenoxy) is 1. The van der Waals surface area contributed by atoms with Crippen LogP contribution in [-0.4, -0.2) is 47.7 Å². The van der Waals surface area contributed by atoms with Crippen LogP contribution in [0.2, 0.25) is 0 Å². The number of likely N-dealkylation sites (tertiary alicyclic amines) is 1. The Bertz CT molecular complexity index is 643. The fourth-order valence-corrected chi connectivity index (χ4v) is 3.04. The van der Waals surface area contributed by atoms with Gasteiger partial charge in [-0.25, -0.2) is 9.78 Å². The second-order valence-corrected chi connectivity index (χ2v) is 5.74. The summed E-state index contributed by atoms with van der Waals surface area (Å²) in [7, 11) is 3.54. The highest BCUT2D eigenvalue weighted by atomic mass is 16.5. The van der Waals surface area contributed by atoms with Gasteiger partial charge >= 0.3 is 5.97 Å². The Kier molecular flexibility index (Phi) is 4.24. The molecule has 0 aliphatic carbocycles. The van der Waals surface area contributed by atoms with E-state index < -0.39 is 0 Å². The van der Waals surface area contributed by atoms with Gasteiger partial charge in [-0.2, -0.15) is 0 Å². The molecule has 22 heavy (non-hydrogen) atoms. The number of hydrogen-bond donors (Lipinski definition) is 0. The highest BCUT2D eigenvalue weighted by Gasteiger charge is 2.26. The first-order valence-corrected chi connectivity index (χ1v) is 7.60. The summed E-state index contributed by atoms with van der Waals surface area (Å²) in [5.74, 6) is -0.384. The van der Waals surface area contributed by atoms with Crippen LogP contribution in [0.25, 0.3) is 11.3 Å². The van der Waals surface area contributed by atoms with Crippen molar-refractivity contribution in [2.75, 3.05) is 27.2 Å². The number of rotatable bonds is 3. The molecule has 5 nitrogen and oxygen atoms in total. The lowest BCUT2D eigenvalue weighted by atomic mass is 10.0. The van der Waals surface area contributed by atoms with Crippen LogP contribution in [0, 0.1) is 0 Å². The Hall–Kier alpha value is -2.14. The van der Waals surface area contributed by atoms with Crippen LogP contribution >= 0.6 is 0 Å². The first-order chi connectivity index (χ1) is 10.7. The summed E-state index contributed by atoms with van der Waals surface area (Å²) in [5.41, 5.74) is 2.26. The number of imidazole rings is 1. The van der Waals surface area contributed by atoms with E-state index in [-0.39, 0.29) is 5.97 Å². The topological polar surface area (TPSA) is 47.4 Å². The number of esters is 1. The minimum absolute atomic E-state index is 0.373. The number of benzene rings is 1. The van der Waals surface area contributed by atoms with Gasteiger partial charge in [-0.3, -0.25) is 0 Å². The van der Waals surface area contributed by atoms with Crippen LogP contribution in [0.1, 0.15) is 29.4 Å². The molecule has 116 valence electrons. The molecular weight excluding hydrogens is 278 g/mol. The Balaban J connectivity index is 2.03. The van der Waals surface area contributed by atoms with Crippen LogP contribution in [0.5, 0.6) is 0 Å². The Morgan fingerprint density at radius 3 is 2.55 bits per heavy atom. The van der Waals surface area contributed by atoms with E-state index in [0.717, 1.165) is 37.2 Å². The highest BCUT2D eigenvalue weighted by Crippen LogP contribution is 2.31. The van der Waals surface area contributed by atoms with Crippen LogP contribution in [-0.2, 0) is 4.74 Å². The molecule has 0 bridgehead atoms. The van der Waals surface area contributed by atoms with Crippen molar-refractivity contribution in [2.45, 2.75) is 18.9 Å². The second-order valence-electron chi connectivity index (χ2n) is 5.74. The largest absolute Gasteiger partial charge is 0.464 e. The zero-order valence-corrected chi connectivity index (χ0v) is 13.0. The van der Waals surface area contributed by atoms with Gasteiger partial charge in [0.2, 0.25) is 0 Å². The quantitative estimate of drug-likeness (QED) is 0.817. The van der Waals surface area contributed by atoms with Gasteiger partial charge in [0, 0.05) is 11.6 Å². The van der Waals surface area contributed by atoms with Gasteiger partial charge in [0.05, 0.1) is 19.1 Å². The van der Waals surface area contributed by atoms with E-state index in [1.165, 1.54) is 7.11 Å². The molecule has 0 spiro atoms. The predicted molar refractivity (Wildman–Crippen MR) is 84.8 cm³/mol. The van der Waals surface area contributed by atoms with Crippen LogP contribution < -0.4 is 0 Å². The lowest BCUT2D eigenvalue weighted by Crippen LogP contribution is -2.31. The van der Waals surface area contributed by atoms with Gasteiger partial charge in [0.1, 0.15) is 0 Å². The summed E-state index contributed by atoms with van der Waals surface area (Å²) in [5, 5.41) is 0. The molecule has 1 aromatic heterocycles. The molecule has 1 aliphatic heterocycles. The van der Waals surface area contributed by atoms with Gasteiger partial charge < -0.3 is 14.2 Å². The number of methoxy groups -OCH3 is 1. The predicted octanol–water partition coefficient (Wildman–Crippen LogP) is 2.60. The molecule has 5 heteroatoms. The third-order valence-electron chi connectivity index (χ3n) is 4.30. The van der Waals surface area contributed by atoms with E-state index in [4.69, 9.17) is 4.74 Å². The molecule has 3 rings (SSSR count). The van der Waals surface area contributed by atoms with Gasteiger partial charge in [0.15, 0.2) is 5.69 Å². The summed E-state index contributed by atoms with van der Waals surface area (Å²) in [6.07, 6.45) is 3.91. The van der Waals surface area contributed by atoms with E-state index in [2.05, 4.69) is 21.5 Å². The van der Waals surface area contributed by atoms with Crippen molar-refractivity contribution in [3.8, 4) is 11.3 Å². The first kappa shape index (κ1) is 14.8. The molecule has 1 aliphatic rings. The molecular formula is C17H21N3O2. The molecule has 2 heterocycles. The number of hydrogen-bond acceptors (Lipinski definition) is 4. The molecule has 0 amide bonds. The fourth-order valence-electron chi connectivity index (χ4n) is 3.04. The van der Waals surface area contributed by atoms with Gasteiger partial charge in [-0.15, -0.1) is 0 Å². The number of carbonyl (C=O) groups excluding carboxylic acids is 1. The Morgan fingerprint density at radius 2 is 1.91 bits per heavy atom. The Labute approximate surface area is 130 Å². The number of carbonyl (C=O) groups is 1. The van der Waals surface area contributed by atoms with E-state index in [1.807, 2.05) is 30.3 Å². The standard InChI is InChI=1S/C17H21N3O2/c1-19-10-8-14(9-11-19)20-12-18-15(17(21)22-2)16(20)13-6-4-3-5-7-13/h3-7,12,14H,8-11H2,1-2H3. The molecule has 1 aromatic carbocycles. The van der Waals surface area contributed by atoms with E-state index >= 15 is 0 Å². The van der Waals surface area contributed by atoms with Gasteiger partial charge in [0.25, 0.3) is 0 Å². The van der Waals surface area contributed by atoms with E-state index in [0.29, 0.717) is 11.7 Å². The summed E-state index contributed by atoms with van der Waals surface area (Å²) < 4.78 is 7.04. The summed E-state index contributed by atoms with van der Waals surface area (Å²) >= 11 is 0. The van der Waals surface area contributed by atoms with Crippen molar-refractivity contribution in [2.24, 2.45) is 0 Å². The smallest absolute Gasteiger partial charge is 0.358 e.